The molecule has 3 aliphatic rings. The van der Waals surface area contributed by atoms with E-state index in [2.05, 4.69) is 22.9 Å². The highest BCUT2D eigenvalue weighted by atomic mass is 79.9. The van der Waals surface area contributed by atoms with Crippen LogP contribution in [0.2, 0.25) is 0 Å². The van der Waals surface area contributed by atoms with Crippen molar-refractivity contribution in [3.8, 4) is 5.75 Å². The summed E-state index contributed by atoms with van der Waals surface area (Å²) < 4.78 is 12.1. The molecule has 0 heterocycles. The van der Waals surface area contributed by atoms with E-state index >= 15 is 0 Å². The standard InChI is InChI=1S/C32H33BrO6/c1-18(34)38-30-16-21-6-9-24-23(14-15-32(3)27(24)10-13-31(32)39-19(2)35)25(21)17-26(30)29(37)12-11-28(36)20-4-7-22(33)8-5-20/h4-5,7-8,11-12,16-17,23-24,27,31H,6,9-10,13-15H2,1-3H3/b12-11+/t23-,24+,27-,31-,32-/m0/s1. The SMILES string of the molecule is CC(=O)Oc1cc2c(cc1C(=O)/C=C/C(=O)c1ccc(Br)cc1)[C@H]1CC[C@]3(C)[C@@H](OC(C)=O)CC[C@H]3[C@@H]1CC2. The summed E-state index contributed by atoms with van der Waals surface area (Å²) in [5.74, 6) is 0.0415. The van der Waals surface area contributed by atoms with Gasteiger partial charge in [0, 0.05) is 29.3 Å². The molecule has 5 atom stereocenters. The summed E-state index contributed by atoms with van der Waals surface area (Å²) in [6.07, 6.45) is 8.16. The number of carbonyl (C=O) groups excluding carboxylic acids is 4. The monoisotopic (exact) mass is 592 g/mol. The van der Waals surface area contributed by atoms with Crippen molar-refractivity contribution in [1.29, 1.82) is 0 Å². The Balaban J connectivity index is 1.44. The number of ether oxygens (including phenoxy) is 2. The first-order valence-electron chi connectivity index (χ1n) is 13.6. The van der Waals surface area contributed by atoms with Crippen LogP contribution in [0.15, 0.2) is 53.0 Å². The largest absolute Gasteiger partial charge is 0.462 e. The lowest BCUT2D eigenvalue weighted by molar-refractivity contribution is -0.154. The lowest BCUT2D eigenvalue weighted by atomic mass is 9.55. The van der Waals surface area contributed by atoms with Gasteiger partial charge in [-0.05, 0) is 116 Å². The van der Waals surface area contributed by atoms with Gasteiger partial charge in [-0.1, -0.05) is 22.9 Å². The molecular formula is C32H33BrO6. The molecule has 7 heteroatoms. The molecule has 0 saturated heterocycles. The zero-order valence-corrected chi connectivity index (χ0v) is 24.1. The maximum Gasteiger partial charge on any atom is 0.308 e. The molecule has 2 aromatic carbocycles. The van der Waals surface area contributed by atoms with E-state index in [-0.39, 0.29) is 40.7 Å². The van der Waals surface area contributed by atoms with Gasteiger partial charge < -0.3 is 9.47 Å². The van der Waals surface area contributed by atoms with Crippen LogP contribution in [0, 0.1) is 17.3 Å². The van der Waals surface area contributed by atoms with Crippen molar-refractivity contribution in [1.82, 2.24) is 0 Å². The van der Waals surface area contributed by atoms with Crippen LogP contribution in [0.3, 0.4) is 0 Å². The number of benzene rings is 2. The Labute approximate surface area is 237 Å². The number of rotatable bonds is 6. The number of halogens is 1. The summed E-state index contributed by atoms with van der Waals surface area (Å²) in [5.41, 5.74) is 2.98. The fraction of sp³-hybridized carbons (Fsp3) is 0.438. The summed E-state index contributed by atoms with van der Waals surface area (Å²) in [5, 5.41) is 0. The summed E-state index contributed by atoms with van der Waals surface area (Å²) in [6, 6.07) is 10.7. The van der Waals surface area contributed by atoms with Crippen LogP contribution in [0.4, 0.5) is 0 Å². The number of ketones is 2. The fourth-order valence-corrected chi connectivity index (χ4v) is 7.59. The summed E-state index contributed by atoms with van der Waals surface area (Å²) in [4.78, 5) is 49.6. The van der Waals surface area contributed by atoms with E-state index < -0.39 is 5.97 Å². The zero-order chi connectivity index (χ0) is 27.9. The van der Waals surface area contributed by atoms with Gasteiger partial charge in [0.25, 0.3) is 0 Å². The molecular weight excluding hydrogens is 560 g/mol. The van der Waals surface area contributed by atoms with Crippen LogP contribution in [-0.2, 0) is 20.7 Å². The maximum absolute atomic E-state index is 13.4. The van der Waals surface area contributed by atoms with E-state index in [1.165, 1.54) is 26.0 Å². The second-order valence-electron chi connectivity index (χ2n) is 11.3. The van der Waals surface area contributed by atoms with Crippen molar-refractivity contribution in [2.45, 2.75) is 71.3 Å². The van der Waals surface area contributed by atoms with Gasteiger partial charge in [-0.2, -0.15) is 0 Å². The first-order valence-corrected chi connectivity index (χ1v) is 14.4. The van der Waals surface area contributed by atoms with Gasteiger partial charge in [0.05, 0.1) is 5.56 Å². The highest BCUT2D eigenvalue weighted by molar-refractivity contribution is 9.10. The first kappa shape index (κ1) is 27.5. The van der Waals surface area contributed by atoms with Crippen LogP contribution in [-0.4, -0.2) is 29.6 Å². The van der Waals surface area contributed by atoms with Crippen molar-refractivity contribution in [2.24, 2.45) is 17.3 Å². The average molecular weight is 594 g/mol. The lowest BCUT2D eigenvalue weighted by Crippen LogP contribution is -2.45. The van der Waals surface area contributed by atoms with Gasteiger partial charge in [-0.3, -0.25) is 19.2 Å². The molecule has 2 aromatic rings. The van der Waals surface area contributed by atoms with Crippen molar-refractivity contribution in [3.63, 3.8) is 0 Å². The van der Waals surface area contributed by atoms with Gasteiger partial charge in [-0.15, -0.1) is 0 Å². The lowest BCUT2D eigenvalue weighted by Gasteiger charge is -2.50. The average Bonchev–Trinajstić information content (AvgIpc) is 3.22. The minimum absolute atomic E-state index is 0.0310. The molecule has 0 radical (unpaired) electrons. The number of hydrogen-bond acceptors (Lipinski definition) is 6. The molecule has 0 spiro atoms. The maximum atomic E-state index is 13.4. The van der Waals surface area contributed by atoms with Crippen LogP contribution in [0.1, 0.15) is 90.6 Å². The van der Waals surface area contributed by atoms with E-state index in [1.807, 2.05) is 12.1 Å². The highest BCUT2D eigenvalue weighted by Crippen LogP contribution is 2.61. The Morgan fingerprint density at radius 3 is 2.33 bits per heavy atom. The molecule has 2 fully saturated rings. The molecule has 6 nitrogen and oxygen atoms in total. The summed E-state index contributed by atoms with van der Waals surface area (Å²) in [7, 11) is 0. The number of aryl methyl sites for hydroxylation is 1. The van der Waals surface area contributed by atoms with E-state index in [0.717, 1.165) is 54.1 Å². The van der Waals surface area contributed by atoms with Crippen molar-refractivity contribution >= 4 is 39.4 Å². The van der Waals surface area contributed by atoms with Gasteiger partial charge in [0.1, 0.15) is 11.9 Å². The van der Waals surface area contributed by atoms with E-state index in [4.69, 9.17) is 9.47 Å². The topological polar surface area (TPSA) is 86.7 Å². The molecule has 0 N–H and O–H groups in total. The number of esters is 2. The molecule has 204 valence electrons. The third-order valence-electron chi connectivity index (χ3n) is 9.08. The molecule has 0 aliphatic heterocycles. The third-order valence-corrected chi connectivity index (χ3v) is 9.61. The van der Waals surface area contributed by atoms with Gasteiger partial charge >= 0.3 is 11.9 Å². The van der Waals surface area contributed by atoms with E-state index in [0.29, 0.717) is 23.0 Å². The Morgan fingerprint density at radius 2 is 1.64 bits per heavy atom. The Kier molecular flexibility index (Phi) is 7.64. The van der Waals surface area contributed by atoms with Crippen LogP contribution < -0.4 is 4.74 Å². The van der Waals surface area contributed by atoms with Gasteiger partial charge in [0.15, 0.2) is 11.6 Å². The number of allylic oxidation sites excluding steroid dienone is 2. The van der Waals surface area contributed by atoms with Gasteiger partial charge in [-0.25, -0.2) is 0 Å². The summed E-state index contributed by atoms with van der Waals surface area (Å²) in [6.45, 7) is 5.08. The Hall–Kier alpha value is -3.06. The normalized spacial score (nSPS) is 27.3. The van der Waals surface area contributed by atoms with Crippen molar-refractivity contribution in [3.05, 3.63) is 75.3 Å². The number of carbonyl (C=O) groups is 4. The van der Waals surface area contributed by atoms with Crippen molar-refractivity contribution < 1.29 is 28.7 Å². The second kappa shape index (κ2) is 10.8. The highest BCUT2D eigenvalue weighted by Gasteiger charge is 2.56. The molecule has 0 bridgehead atoms. The molecule has 0 amide bonds. The van der Waals surface area contributed by atoms with E-state index in [9.17, 15) is 19.2 Å². The predicted molar refractivity (Wildman–Crippen MR) is 150 cm³/mol. The minimum atomic E-state index is -0.497. The quantitative estimate of drug-likeness (QED) is 0.159. The van der Waals surface area contributed by atoms with E-state index in [1.54, 1.807) is 24.3 Å². The van der Waals surface area contributed by atoms with Crippen LogP contribution >= 0.6 is 15.9 Å². The molecule has 39 heavy (non-hydrogen) atoms. The third kappa shape index (κ3) is 5.38. The van der Waals surface area contributed by atoms with Crippen LogP contribution in [0.25, 0.3) is 0 Å². The fourth-order valence-electron chi connectivity index (χ4n) is 7.33. The first-order chi connectivity index (χ1) is 18.6. The smallest absolute Gasteiger partial charge is 0.308 e. The molecule has 0 unspecified atom stereocenters. The second-order valence-corrected chi connectivity index (χ2v) is 12.3. The van der Waals surface area contributed by atoms with Crippen molar-refractivity contribution in [2.75, 3.05) is 0 Å². The molecule has 5 rings (SSSR count). The minimum Gasteiger partial charge on any atom is -0.462 e. The Morgan fingerprint density at radius 1 is 0.923 bits per heavy atom. The molecule has 2 saturated carbocycles. The predicted octanol–water partition coefficient (Wildman–Crippen LogP) is 6.78. The van der Waals surface area contributed by atoms with Crippen LogP contribution in [0.5, 0.6) is 5.75 Å². The summed E-state index contributed by atoms with van der Waals surface area (Å²) >= 11 is 3.35. The van der Waals surface area contributed by atoms with Gasteiger partial charge in [0.2, 0.25) is 0 Å². The Bertz CT molecular complexity index is 1360. The zero-order valence-electron chi connectivity index (χ0n) is 22.5. The number of hydrogen-bond donors (Lipinski definition) is 0. The number of fused-ring (bicyclic) bond motifs is 5. The molecule has 3 aliphatic carbocycles. The molecule has 0 aromatic heterocycles.